The molecule has 0 saturated heterocycles. The molecular weight excluding hydrogens is 324 g/mol. The van der Waals surface area contributed by atoms with Crippen LogP contribution in [0.5, 0.6) is 0 Å². The highest BCUT2D eigenvalue weighted by molar-refractivity contribution is 5.93. The Morgan fingerprint density at radius 3 is 2.23 bits per heavy atom. The van der Waals surface area contributed by atoms with Crippen molar-refractivity contribution >= 4 is 11.9 Å². The van der Waals surface area contributed by atoms with Crippen molar-refractivity contribution < 1.29 is 4.79 Å². The molecule has 1 heterocycles. The summed E-state index contributed by atoms with van der Waals surface area (Å²) in [7, 11) is 0. The van der Waals surface area contributed by atoms with E-state index in [1.54, 1.807) is 12.4 Å². The van der Waals surface area contributed by atoms with Crippen molar-refractivity contribution in [1.82, 2.24) is 15.3 Å². The van der Waals surface area contributed by atoms with Crippen molar-refractivity contribution in [2.75, 3.05) is 11.9 Å². The molecule has 5 heteroatoms. The van der Waals surface area contributed by atoms with Gasteiger partial charge in [0.05, 0.1) is 11.6 Å². The number of carbonyl (C=O) groups is 1. The van der Waals surface area contributed by atoms with E-state index in [1.807, 2.05) is 67.6 Å². The molecule has 1 aromatic heterocycles. The van der Waals surface area contributed by atoms with E-state index in [0.717, 1.165) is 12.0 Å². The van der Waals surface area contributed by atoms with Crippen molar-refractivity contribution in [3.8, 4) is 0 Å². The Bertz CT molecular complexity index is 820. The zero-order chi connectivity index (χ0) is 18.2. The van der Waals surface area contributed by atoms with Crippen LogP contribution in [-0.2, 0) is 6.42 Å². The maximum Gasteiger partial charge on any atom is 0.254 e. The van der Waals surface area contributed by atoms with Crippen molar-refractivity contribution in [3.63, 3.8) is 0 Å². The fourth-order valence-electron chi connectivity index (χ4n) is 2.61. The van der Waals surface area contributed by atoms with Gasteiger partial charge in [0, 0.05) is 18.9 Å². The molecule has 26 heavy (non-hydrogen) atoms. The molecule has 3 rings (SSSR count). The zero-order valence-corrected chi connectivity index (χ0v) is 14.7. The number of nitrogens with one attached hydrogen (secondary N) is 2. The Labute approximate surface area is 153 Å². The molecule has 1 amide bonds. The van der Waals surface area contributed by atoms with E-state index in [-0.39, 0.29) is 11.9 Å². The van der Waals surface area contributed by atoms with Crippen molar-refractivity contribution in [1.29, 1.82) is 0 Å². The number of aromatic nitrogens is 2. The molecule has 1 unspecified atom stereocenters. The minimum absolute atomic E-state index is 0.0850. The van der Waals surface area contributed by atoms with E-state index in [4.69, 9.17) is 0 Å². The fourth-order valence-corrected chi connectivity index (χ4v) is 2.61. The van der Waals surface area contributed by atoms with Gasteiger partial charge in [0.2, 0.25) is 5.95 Å². The smallest absolute Gasteiger partial charge is 0.254 e. The van der Waals surface area contributed by atoms with Gasteiger partial charge in [-0.25, -0.2) is 9.97 Å². The highest BCUT2D eigenvalue weighted by Crippen LogP contribution is 2.15. The summed E-state index contributed by atoms with van der Waals surface area (Å²) in [6.07, 6.45) is 3.89. The lowest BCUT2D eigenvalue weighted by Gasteiger charge is -2.14. The predicted molar refractivity (Wildman–Crippen MR) is 103 cm³/mol. The molecule has 0 saturated carbocycles. The summed E-state index contributed by atoms with van der Waals surface area (Å²) in [6.45, 7) is 2.62. The summed E-state index contributed by atoms with van der Waals surface area (Å²) in [5.41, 5.74) is 2.80. The molecule has 5 nitrogen and oxygen atoms in total. The first kappa shape index (κ1) is 17.6. The van der Waals surface area contributed by atoms with Crippen LogP contribution < -0.4 is 10.6 Å². The molecule has 0 radical (unpaired) electrons. The number of benzene rings is 2. The SMILES string of the molecule is CC(Nc1ncc(C(=O)NCCc2ccccc2)cn1)c1ccccc1. The maximum absolute atomic E-state index is 12.2. The molecule has 0 fully saturated rings. The highest BCUT2D eigenvalue weighted by Gasteiger charge is 2.09. The average Bonchev–Trinajstić information content (AvgIpc) is 2.70. The first-order valence-electron chi connectivity index (χ1n) is 8.68. The molecule has 0 aliphatic rings. The van der Waals surface area contributed by atoms with E-state index in [1.165, 1.54) is 5.56 Å². The van der Waals surface area contributed by atoms with Gasteiger partial charge in [0.15, 0.2) is 0 Å². The minimum Gasteiger partial charge on any atom is -0.352 e. The molecular formula is C21H22N4O. The third-order valence-electron chi connectivity index (χ3n) is 4.10. The summed E-state index contributed by atoms with van der Waals surface area (Å²) >= 11 is 0. The molecule has 0 spiro atoms. The molecule has 0 aliphatic carbocycles. The molecule has 132 valence electrons. The predicted octanol–water partition coefficient (Wildman–Crippen LogP) is 3.62. The lowest BCUT2D eigenvalue weighted by atomic mass is 10.1. The van der Waals surface area contributed by atoms with Crippen LogP contribution in [0.1, 0.15) is 34.5 Å². The Kier molecular flexibility index (Phi) is 5.93. The third kappa shape index (κ3) is 4.89. The van der Waals surface area contributed by atoms with Crippen molar-refractivity contribution in [2.45, 2.75) is 19.4 Å². The molecule has 2 N–H and O–H groups in total. The van der Waals surface area contributed by atoms with Crippen LogP contribution in [0, 0.1) is 0 Å². The fraction of sp³-hybridized carbons (Fsp3) is 0.190. The van der Waals surface area contributed by atoms with Gasteiger partial charge in [-0.1, -0.05) is 60.7 Å². The molecule has 0 aliphatic heterocycles. The van der Waals surface area contributed by atoms with Crippen LogP contribution in [0.15, 0.2) is 73.1 Å². The number of amides is 1. The van der Waals surface area contributed by atoms with Gasteiger partial charge >= 0.3 is 0 Å². The minimum atomic E-state index is -0.163. The van der Waals surface area contributed by atoms with Gasteiger partial charge in [0.25, 0.3) is 5.91 Å². The van der Waals surface area contributed by atoms with Crippen LogP contribution in [-0.4, -0.2) is 22.4 Å². The van der Waals surface area contributed by atoms with Gasteiger partial charge < -0.3 is 10.6 Å². The quantitative estimate of drug-likeness (QED) is 0.686. The first-order chi connectivity index (χ1) is 12.7. The van der Waals surface area contributed by atoms with E-state index in [2.05, 4.69) is 20.6 Å². The second-order valence-corrected chi connectivity index (χ2v) is 6.06. The molecule has 3 aromatic rings. The Morgan fingerprint density at radius 1 is 0.962 bits per heavy atom. The van der Waals surface area contributed by atoms with Crippen LogP contribution in [0.2, 0.25) is 0 Å². The van der Waals surface area contributed by atoms with E-state index >= 15 is 0 Å². The van der Waals surface area contributed by atoms with Crippen LogP contribution in [0.25, 0.3) is 0 Å². The van der Waals surface area contributed by atoms with Crippen LogP contribution >= 0.6 is 0 Å². The maximum atomic E-state index is 12.2. The summed E-state index contributed by atoms with van der Waals surface area (Å²) in [5.74, 6) is 0.339. The lowest BCUT2D eigenvalue weighted by Crippen LogP contribution is -2.26. The number of rotatable bonds is 7. The van der Waals surface area contributed by atoms with E-state index < -0.39 is 0 Å². The largest absolute Gasteiger partial charge is 0.352 e. The second-order valence-electron chi connectivity index (χ2n) is 6.06. The number of carbonyl (C=O) groups excluding carboxylic acids is 1. The monoisotopic (exact) mass is 346 g/mol. The highest BCUT2D eigenvalue weighted by atomic mass is 16.1. The second kappa shape index (κ2) is 8.76. The number of anilines is 1. The van der Waals surface area contributed by atoms with Crippen LogP contribution in [0.4, 0.5) is 5.95 Å². The average molecular weight is 346 g/mol. The van der Waals surface area contributed by atoms with Gasteiger partial charge in [-0.05, 0) is 24.5 Å². The number of hydrogen-bond acceptors (Lipinski definition) is 4. The van der Waals surface area contributed by atoms with E-state index in [0.29, 0.717) is 18.1 Å². The van der Waals surface area contributed by atoms with Gasteiger partial charge in [-0.15, -0.1) is 0 Å². The lowest BCUT2D eigenvalue weighted by molar-refractivity contribution is 0.0953. The van der Waals surface area contributed by atoms with E-state index in [9.17, 15) is 4.79 Å². The standard InChI is InChI=1S/C21H22N4O/c1-16(18-10-6-3-7-11-18)25-21-23-14-19(15-24-21)20(26)22-13-12-17-8-4-2-5-9-17/h2-11,14-16H,12-13H2,1H3,(H,22,26)(H,23,24,25). The summed E-state index contributed by atoms with van der Waals surface area (Å²) in [5, 5.41) is 6.13. The zero-order valence-electron chi connectivity index (χ0n) is 14.7. The van der Waals surface area contributed by atoms with Gasteiger partial charge in [-0.2, -0.15) is 0 Å². The Hall–Kier alpha value is -3.21. The summed E-state index contributed by atoms with van der Waals surface area (Å²) in [4.78, 5) is 20.7. The van der Waals surface area contributed by atoms with Crippen molar-refractivity contribution in [2.24, 2.45) is 0 Å². The summed E-state index contributed by atoms with van der Waals surface area (Å²) in [6, 6.07) is 20.2. The Morgan fingerprint density at radius 2 is 1.58 bits per heavy atom. The van der Waals surface area contributed by atoms with Gasteiger partial charge in [0.1, 0.15) is 0 Å². The normalized spacial score (nSPS) is 11.6. The third-order valence-corrected chi connectivity index (χ3v) is 4.10. The number of hydrogen-bond donors (Lipinski definition) is 2. The topological polar surface area (TPSA) is 66.9 Å². The summed E-state index contributed by atoms with van der Waals surface area (Å²) < 4.78 is 0. The molecule has 1 atom stereocenters. The van der Waals surface area contributed by atoms with Gasteiger partial charge in [-0.3, -0.25) is 4.79 Å². The van der Waals surface area contributed by atoms with Crippen LogP contribution in [0.3, 0.4) is 0 Å². The number of nitrogens with zero attached hydrogens (tertiary/aromatic N) is 2. The molecule has 2 aromatic carbocycles. The first-order valence-corrected chi connectivity index (χ1v) is 8.68. The van der Waals surface area contributed by atoms with Crippen molar-refractivity contribution in [3.05, 3.63) is 89.7 Å². The molecule has 0 bridgehead atoms. The Balaban J connectivity index is 1.51.